The van der Waals surface area contributed by atoms with Crippen molar-refractivity contribution >= 4 is 17.5 Å². The smallest absolute Gasteiger partial charge is 0.222 e. The molecule has 1 heterocycles. The monoisotopic (exact) mass is 211 g/mol. The number of hydrogen-bond donors (Lipinski definition) is 1. The first-order valence-electron chi connectivity index (χ1n) is 5.06. The second-order valence-corrected chi connectivity index (χ2v) is 4.19. The summed E-state index contributed by atoms with van der Waals surface area (Å²) >= 11 is 5.69. The largest absolute Gasteiger partial charge is 0.354 e. The highest BCUT2D eigenvalue weighted by molar-refractivity contribution is 6.30. The Hall–Kier alpha value is -0.830. The molecule has 0 spiro atoms. The third kappa shape index (κ3) is 2.58. The lowest BCUT2D eigenvalue weighted by atomic mass is 10.1. The van der Waals surface area contributed by atoms with E-state index in [4.69, 9.17) is 11.6 Å². The molecule has 0 atom stereocenters. The molecule has 1 N–H and O–H groups in total. The van der Waals surface area contributed by atoms with Crippen LogP contribution in [-0.2, 0) is 0 Å². The van der Waals surface area contributed by atoms with E-state index >= 15 is 0 Å². The first-order valence-corrected chi connectivity index (χ1v) is 5.44. The Morgan fingerprint density at radius 2 is 1.93 bits per heavy atom. The summed E-state index contributed by atoms with van der Waals surface area (Å²) in [4.78, 5) is 8.17. The first-order chi connectivity index (χ1) is 6.84. The average molecular weight is 212 g/mol. The molecule has 1 aliphatic rings. The number of nitrogens with one attached hydrogen (secondary N) is 1. The summed E-state index contributed by atoms with van der Waals surface area (Å²) in [6.07, 6.45) is 8.64. The van der Waals surface area contributed by atoms with Crippen molar-refractivity contribution in [1.29, 1.82) is 0 Å². The SMILES string of the molecule is Clc1cnc(NCC2CCCC2)nc1. The molecule has 1 fully saturated rings. The number of aromatic nitrogens is 2. The Morgan fingerprint density at radius 3 is 2.57 bits per heavy atom. The Morgan fingerprint density at radius 1 is 1.29 bits per heavy atom. The number of rotatable bonds is 3. The Kier molecular flexibility index (Phi) is 3.19. The number of anilines is 1. The van der Waals surface area contributed by atoms with Gasteiger partial charge in [-0.05, 0) is 18.8 Å². The maximum atomic E-state index is 5.69. The van der Waals surface area contributed by atoms with Gasteiger partial charge >= 0.3 is 0 Å². The van der Waals surface area contributed by atoms with Crippen molar-refractivity contribution in [1.82, 2.24) is 9.97 Å². The first kappa shape index (κ1) is 9.71. The van der Waals surface area contributed by atoms with Crippen molar-refractivity contribution in [2.75, 3.05) is 11.9 Å². The highest BCUT2D eigenvalue weighted by Crippen LogP contribution is 2.24. The van der Waals surface area contributed by atoms with Gasteiger partial charge in [-0.25, -0.2) is 9.97 Å². The molecule has 1 saturated carbocycles. The van der Waals surface area contributed by atoms with Crippen LogP contribution in [0.25, 0.3) is 0 Å². The van der Waals surface area contributed by atoms with Gasteiger partial charge in [0.2, 0.25) is 5.95 Å². The van der Waals surface area contributed by atoms with Gasteiger partial charge < -0.3 is 5.32 Å². The van der Waals surface area contributed by atoms with Crippen LogP contribution in [0.1, 0.15) is 25.7 Å². The molecule has 0 radical (unpaired) electrons. The highest BCUT2D eigenvalue weighted by Gasteiger charge is 2.14. The third-order valence-electron chi connectivity index (χ3n) is 2.64. The predicted molar refractivity (Wildman–Crippen MR) is 57.5 cm³/mol. The van der Waals surface area contributed by atoms with Crippen molar-refractivity contribution in [2.45, 2.75) is 25.7 Å². The van der Waals surface area contributed by atoms with Crippen molar-refractivity contribution < 1.29 is 0 Å². The molecule has 76 valence electrons. The van der Waals surface area contributed by atoms with E-state index in [1.165, 1.54) is 25.7 Å². The summed E-state index contributed by atoms with van der Waals surface area (Å²) in [6, 6.07) is 0. The van der Waals surface area contributed by atoms with Crippen molar-refractivity contribution in [2.24, 2.45) is 5.92 Å². The molecule has 3 nitrogen and oxygen atoms in total. The van der Waals surface area contributed by atoms with Gasteiger partial charge in [-0.15, -0.1) is 0 Å². The Bertz CT molecular complexity index is 280. The second-order valence-electron chi connectivity index (χ2n) is 3.76. The molecule has 1 aliphatic carbocycles. The zero-order valence-electron chi connectivity index (χ0n) is 8.04. The number of halogens is 1. The van der Waals surface area contributed by atoms with E-state index < -0.39 is 0 Å². The molecule has 0 amide bonds. The van der Waals surface area contributed by atoms with Crippen LogP contribution in [0.5, 0.6) is 0 Å². The summed E-state index contributed by atoms with van der Waals surface area (Å²) in [6.45, 7) is 0.988. The van der Waals surface area contributed by atoms with E-state index in [1.54, 1.807) is 12.4 Å². The molecule has 0 unspecified atom stereocenters. The minimum atomic E-state index is 0.580. The zero-order valence-corrected chi connectivity index (χ0v) is 8.80. The molecule has 0 bridgehead atoms. The van der Waals surface area contributed by atoms with Gasteiger partial charge in [-0.2, -0.15) is 0 Å². The van der Waals surface area contributed by atoms with Gasteiger partial charge in [-0.1, -0.05) is 24.4 Å². The van der Waals surface area contributed by atoms with Crippen molar-refractivity contribution in [3.63, 3.8) is 0 Å². The Labute approximate surface area is 88.9 Å². The second kappa shape index (κ2) is 4.60. The zero-order chi connectivity index (χ0) is 9.80. The van der Waals surface area contributed by atoms with Crippen LogP contribution < -0.4 is 5.32 Å². The standard InChI is InChI=1S/C10H14ClN3/c11-9-6-13-10(14-7-9)12-5-8-3-1-2-4-8/h6-8H,1-5H2,(H,12,13,14). The summed E-state index contributed by atoms with van der Waals surface area (Å²) in [5.74, 6) is 1.48. The maximum Gasteiger partial charge on any atom is 0.222 e. The lowest BCUT2D eigenvalue weighted by molar-refractivity contribution is 0.577. The topological polar surface area (TPSA) is 37.8 Å². The normalized spacial score (nSPS) is 17.2. The van der Waals surface area contributed by atoms with Crippen LogP contribution in [0.2, 0.25) is 5.02 Å². The Balaban J connectivity index is 1.82. The fraction of sp³-hybridized carbons (Fsp3) is 0.600. The molecular weight excluding hydrogens is 198 g/mol. The van der Waals surface area contributed by atoms with Crippen LogP contribution in [0.4, 0.5) is 5.95 Å². The molecule has 0 aromatic carbocycles. The number of hydrogen-bond acceptors (Lipinski definition) is 3. The molecule has 4 heteroatoms. The van der Waals surface area contributed by atoms with Crippen LogP contribution in [0.3, 0.4) is 0 Å². The third-order valence-corrected chi connectivity index (χ3v) is 2.84. The van der Waals surface area contributed by atoms with E-state index in [0.29, 0.717) is 11.0 Å². The summed E-state index contributed by atoms with van der Waals surface area (Å²) in [7, 11) is 0. The van der Waals surface area contributed by atoms with Gasteiger partial charge in [0.05, 0.1) is 17.4 Å². The molecule has 1 aromatic heterocycles. The molecular formula is C10H14ClN3. The van der Waals surface area contributed by atoms with Crippen molar-refractivity contribution in [3.05, 3.63) is 17.4 Å². The lowest BCUT2D eigenvalue weighted by Crippen LogP contribution is -2.12. The van der Waals surface area contributed by atoms with E-state index in [0.717, 1.165) is 12.5 Å². The van der Waals surface area contributed by atoms with Crippen LogP contribution >= 0.6 is 11.6 Å². The molecule has 0 saturated heterocycles. The average Bonchev–Trinajstić information content (AvgIpc) is 2.70. The van der Waals surface area contributed by atoms with Crippen molar-refractivity contribution in [3.8, 4) is 0 Å². The lowest BCUT2D eigenvalue weighted by Gasteiger charge is -2.09. The van der Waals surface area contributed by atoms with Gasteiger partial charge in [0.25, 0.3) is 0 Å². The quantitative estimate of drug-likeness (QED) is 0.836. The highest BCUT2D eigenvalue weighted by atomic mass is 35.5. The summed E-state index contributed by atoms with van der Waals surface area (Å²) in [5, 5.41) is 3.81. The molecule has 14 heavy (non-hydrogen) atoms. The maximum absolute atomic E-state index is 5.69. The summed E-state index contributed by atoms with van der Waals surface area (Å²) < 4.78 is 0. The van der Waals surface area contributed by atoms with E-state index in [9.17, 15) is 0 Å². The predicted octanol–water partition coefficient (Wildman–Crippen LogP) is 2.73. The molecule has 0 aliphatic heterocycles. The molecule has 1 aromatic rings. The van der Waals surface area contributed by atoms with Gasteiger partial charge in [-0.3, -0.25) is 0 Å². The fourth-order valence-electron chi connectivity index (χ4n) is 1.85. The van der Waals surface area contributed by atoms with Gasteiger partial charge in [0.1, 0.15) is 0 Å². The molecule has 2 rings (SSSR count). The van der Waals surface area contributed by atoms with Crippen LogP contribution in [-0.4, -0.2) is 16.5 Å². The van der Waals surface area contributed by atoms with Gasteiger partial charge in [0, 0.05) is 6.54 Å². The number of nitrogens with zero attached hydrogens (tertiary/aromatic N) is 2. The van der Waals surface area contributed by atoms with Gasteiger partial charge in [0.15, 0.2) is 0 Å². The van der Waals surface area contributed by atoms with Crippen LogP contribution in [0.15, 0.2) is 12.4 Å². The summed E-state index contributed by atoms with van der Waals surface area (Å²) in [5.41, 5.74) is 0. The van der Waals surface area contributed by atoms with E-state index in [2.05, 4.69) is 15.3 Å². The van der Waals surface area contributed by atoms with E-state index in [1.807, 2.05) is 0 Å². The minimum Gasteiger partial charge on any atom is -0.354 e. The van der Waals surface area contributed by atoms with E-state index in [-0.39, 0.29) is 0 Å². The fourth-order valence-corrected chi connectivity index (χ4v) is 1.95. The van der Waals surface area contributed by atoms with Crippen LogP contribution in [0, 0.1) is 5.92 Å². The minimum absolute atomic E-state index is 0.580.